The molecule has 0 radical (unpaired) electrons. The highest BCUT2D eigenvalue weighted by atomic mass is 35.5. The Morgan fingerprint density at radius 2 is 2.00 bits per heavy atom. The molecular weight excluding hydrogens is 248 g/mol. The van der Waals surface area contributed by atoms with Crippen molar-refractivity contribution in [2.45, 2.75) is 6.42 Å². The molecule has 0 aliphatic heterocycles. The van der Waals surface area contributed by atoms with E-state index >= 15 is 0 Å². The smallest absolute Gasteiger partial charge is 0.168 e. The van der Waals surface area contributed by atoms with E-state index in [1.807, 2.05) is 36.4 Å². The minimum atomic E-state index is 0.758. The average Bonchev–Trinajstić information content (AvgIpc) is 2.41. The van der Waals surface area contributed by atoms with Crippen LogP contribution in [0.3, 0.4) is 0 Å². The van der Waals surface area contributed by atoms with Crippen LogP contribution in [0, 0.1) is 0 Å². The van der Waals surface area contributed by atoms with Crippen molar-refractivity contribution in [2.75, 3.05) is 19.0 Å². The van der Waals surface area contributed by atoms with Gasteiger partial charge in [-0.05, 0) is 36.2 Å². The van der Waals surface area contributed by atoms with E-state index in [-0.39, 0.29) is 0 Å². The molecular formula is C14H15ClN2O. The fraction of sp³-hybridized carbons (Fsp3) is 0.214. The van der Waals surface area contributed by atoms with E-state index in [4.69, 9.17) is 16.3 Å². The van der Waals surface area contributed by atoms with Crippen molar-refractivity contribution >= 4 is 17.4 Å². The zero-order valence-corrected chi connectivity index (χ0v) is 10.9. The van der Waals surface area contributed by atoms with Crippen molar-refractivity contribution in [3.63, 3.8) is 0 Å². The second-order valence-electron chi connectivity index (χ2n) is 3.86. The van der Waals surface area contributed by atoms with Gasteiger partial charge in [0.05, 0.1) is 7.11 Å². The fourth-order valence-electron chi connectivity index (χ4n) is 1.66. The van der Waals surface area contributed by atoms with Crippen molar-refractivity contribution in [1.82, 2.24) is 4.98 Å². The zero-order valence-electron chi connectivity index (χ0n) is 10.2. The molecule has 0 saturated carbocycles. The van der Waals surface area contributed by atoms with E-state index in [0.717, 1.165) is 29.6 Å². The lowest BCUT2D eigenvalue weighted by molar-refractivity contribution is 0.415. The van der Waals surface area contributed by atoms with E-state index in [0.29, 0.717) is 0 Å². The Morgan fingerprint density at radius 1 is 1.22 bits per heavy atom. The van der Waals surface area contributed by atoms with E-state index in [9.17, 15) is 0 Å². The third-order valence-electron chi connectivity index (χ3n) is 2.61. The monoisotopic (exact) mass is 262 g/mol. The molecule has 0 atom stereocenters. The lowest BCUT2D eigenvalue weighted by atomic mass is 10.1. The highest BCUT2D eigenvalue weighted by Gasteiger charge is 2.01. The number of hydrogen-bond donors (Lipinski definition) is 1. The summed E-state index contributed by atoms with van der Waals surface area (Å²) < 4.78 is 5.22. The molecule has 2 rings (SSSR count). The quantitative estimate of drug-likeness (QED) is 0.897. The largest absolute Gasteiger partial charge is 0.493 e. The van der Waals surface area contributed by atoms with Gasteiger partial charge in [-0.15, -0.1) is 0 Å². The van der Waals surface area contributed by atoms with Crippen LogP contribution in [-0.2, 0) is 6.42 Å². The highest BCUT2D eigenvalue weighted by Crippen LogP contribution is 2.19. The number of anilines is 1. The van der Waals surface area contributed by atoms with Gasteiger partial charge in [0, 0.05) is 17.8 Å². The molecule has 0 unspecified atom stereocenters. The second kappa shape index (κ2) is 6.26. The van der Waals surface area contributed by atoms with Crippen LogP contribution in [0.4, 0.5) is 5.82 Å². The summed E-state index contributed by atoms with van der Waals surface area (Å²) >= 11 is 5.84. The standard InChI is InChI=1S/C14H15ClN2O/c1-18-13-3-2-9-16-14(13)17-10-8-11-4-6-12(15)7-5-11/h2-7,9H,8,10H2,1H3,(H,16,17). The number of hydrogen-bond acceptors (Lipinski definition) is 3. The molecule has 0 aliphatic rings. The number of pyridine rings is 1. The first-order chi connectivity index (χ1) is 8.79. The van der Waals surface area contributed by atoms with Crippen LogP contribution >= 0.6 is 11.6 Å². The maximum absolute atomic E-state index is 5.84. The SMILES string of the molecule is COc1cccnc1NCCc1ccc(Cl)cc1. The Hall–Kier alpha value is -1.74. The van der Waals surface area contributed by atoms with Crippen molar-refractivity contribution in [1.29, 1.82) is 0 Å². The van der Waals surface area contributed by atoms with Crippen molar-refractivity contribution in [2.24, 2.45) is 0 Å². The molecule has 1 heterocycles. The second-order valence-corrected chi connectivity index (χ2v) is 4.29. The molecule has 0 fully saturated rings. The summed E-state index contributed by atoms with van der Waals surface area (Å²) in [6.07, 6.45) is 2.66. The van der Waals surface area contributed by atoms with Gasteiger partial charge in [-0.1, -0.05) is 23.7 Å². The van der Waals surface area contributed by atoms with Gasteiger partial charge in [0.2, 0.25) is 0 Å². The lowest BCUT2D eigenvalue weighted by Crippen LogP contribution is -2.07. The first kappa shape index (κ1) is 12.7. The summed E-state index contributed by atoms with van der Waals surface area (Å²) in [5.41, 5.74) is 1.24. The van der Waals surface area contributed by atoms with Crippen molar-refractivity contribution in [3.8, 4) is 5.75 Å². The Bertz CT molecular complexity index is 499. The molecule has 3 nitrogen and oxygen atoms in total. The van der Waals surface area contributed by atoms with Gasteiger partial charge in [-0.2, -0.15) is 0 Å². The van der Waals surface area contributed by atoms with Crippen LogP contribution in [0.15, 0.2) is 42.6 Å². The predicted octanol–water partition coefficient (Wildman–Crippen LogP) is 3.40. The Balaban J connectivity index is 1.90. The van der Waals surface area contributed by atoms with Gasteiger partial charge in [0.1, 0.15) is 0 Å². The molecule has 2 aromatic rings. The van der Waals surface area contributed by atoms with Crippen LogP contribution in [-0.4, -0.2) is 18.6 Å². The third kappa shape index (κ3) is 3.37. The van der Waals surface area contributed by atoms with E-state index < -0.39 is 0 Å². The number of aromatic nitrogens is 1. The molecule has 0 saturated heterocycles. The zero-order chi connectivity index (χ0) is 12.8. The van der Waals surface area contributed by atoms with E-state index in [1.54, 1.807) is 13.3 Å². The molecule has 94 valence electrons. The number of rotatable bonds is 5. The summed E-state index contributed by atoms with van der Waals surface area (Å²) in [6.45, 7) is 0.801. The number of methoxy groups -OCH3 is 1. The van der Waals surface area contributed by atoms with Crippen molar-refractivity contribution in [3.05, 3.63) is 53.2 Å². The average molecular weight is 263 g/mol. The van der Waals surface area contributed by atoms with Gasteiger partial charge in [0.25, 0.3) is 0 Å². The highest BCUT2D eigenvalue weighted by molar-refractivity contribution is 6.30. The third-order valence-corrected chi connectivity index (χ3v) is 2.86. The molecule has 0 amide bonds. The number of ether oxygens (including phenoxy) is 1. The molecule has 1 aromatic heterocycles. The number of halogens is 1. The van der Waals surface area contributed by atoms with Crippen LogP contribution in [0.25, 0.3) is 0 Å². The number of nitrogens with zero attached hydrogens (tertiary/aromatic N) is 1. The summed E-state index contributed by atoms with van der Waals surface area (Å²) in [4.78, 5) is 4.24. The summed E-state index contributed by atoms with van der Waals surface area (Å²) in [7, 11) is 1.64. The number of nitrogens with one attached hydrogen (secondary N) is 1. The normalized spacial score (nSPS) is 10.1. The number of benzene rings is 1. The first-order valence-electron chi connectivity index (χ1n) is 5.77. The molecule has 1 aromatic carbocycles. The van der Waals surface area contributed by atoms with Crippen LogP contribution in [0.2, 0.25) is 5.02 Å². The maximum atomic E-state index is 5.84. The Morgan fingerprint density at radius 3 is 2.72 bits per heavy atom. The predicted molar refractivity (Wildman–Crippen MR) is 74.4 cm³/mol. The topological polar surface area (TPSA) is 34.1 Å². The van der Waals surface area contributed by atoms with Crippen molar-refractivity contribution < 1.29 is 4.74 Å². The molecule has 0 aliphatic carbocycles. The molecule has 0 bridgehead atoms. The van der Waals surface area contributed by atoms with Gasteiger partial charge >= 0.3 is 0 Å². The van der Waals surface area contributed by atoms with Crippen LogP contribution in [0.5, 0.6) is 5.75 Å². The first-order valence-corrected chi connectivity index (χ1v) is 6.14. The van der Waals surface area contributed by atoms with Crippen LogP contribution in [0.1, 0.15) is 5.56 Å². The Kier molecular flexibility index (Phi) is 4.42. The van der Waals surface area contributed by atoms with Gasteiger partial charge in [-0.25, -0.2) is 4.98 Å². The fourth-order valence-corrected chi connectivity index (χ4v) is 1.79. The lowest BCUT2D eigenvalue weighted by Gasteiger charge is -2.09. The molecule has 0 spiro atoms. The maximum Gasteiger partial charge on any atom is 0.168 e. The molecule has 1 N–H and O–H groups in total. The Labute approximate surface area is 112 Å². The van der Waals surface area contributed by atoms with Gasteiger partial charge in [-0.3, -0.25) is 0 Å². The van der Waals surface area contributed by atoms with E-state index in [2.05, 4.69) is 10.3 Å². The summed E-state index contributed by atoms with van der Waals surface area (Å²) in [5, 5.41) is 4.02. The minimum Gasteiger partial charge on any atom is -0.493 e. The minimum absolute atomic E-state index is 0.758. The molecule has 4 heteroatoms. The molecule has 18 heavy (non-hydrogen) atoms. The van der Waals surface area contributed by atoms with Gasteiger partial charge in [0.15, 0.2) is 11.6 Å². The van der Waals surface area contributed by atoms with Gasteiger partial charge < -0.3 is 10.1 Å². The van der Waals surface area contributed by atoms with E-state index in [1.165, 1.54) is 5.56 Å². The summed E-state index contributed by atoms with van der Waals surface area (Å²) in [6, 6.07) is 11.6. The van der Waals surface area contributed by atoms with Crippen LogP contribution < -0.4 is 10.1 Å². The summed E-state index contributed by atoms with van der Waals surface area (Å²) in [5.74, 6) is 1.53.